The normalized spacial score (nSPS) is 10.5. The van der Waals surface area contributed by atoms with Gasteiger partial charge in [-0.2, -0.15) is 0 Å². The molecular weight excluding hydrogens is 181 g/mol. The zero-order valence-corrected chi connectivity index (χ0v) is 7.60. The summed E-state index contributed by atoms with van der Waals surface area (Å²) in [6, 6.07) is 3.75. The van der Waals surface area contributed by atoms with E-state index < -0.39 is 4.84 Å². The number of hydrogen-bond donors (Lipinski definition) is 0. The molecule has 59 valence electrons. The van der Waals surface area contributed by atoms with Crippen molar-refractivity contribution in [3.05, 3.63) is 36.0 Å². The second kappa shape index (κ2) is 3.93. The first-order valence-corrected chi connectivity index (χ1v) is 4.15. The maximum Gasteiger partial charge on any atom is 0.149 e. The topological polar surface area (TPSA) is 12.9 Å². The molecule has 11 heavy (non-hydrogen) atoms. The van der Waals surface area contributed by atoms with Crippen LogP contribution in [0, 0.1) is 6.42 Å². The van der Waals surface area contributed by atoms with E-state index >= 15 is 0 Å². The third kappa shape index (κ3) is 2.35. The minimum absolute atomic E-state index is 0.527. The van der Waals surface area contributed by atoms with Gasteiger partial charge in [-0.05, 0) is 18.1 Å². The smallest absolute Gasteiger partial charge is 0.149 e. The Morgan fingerprint density at radius 1 is 1.45 bits per heavy atom. The highest BCUT2D eigenvalue weighted by atomic mass is 35.5. The molecule has 0 unspecified atom stereocenters. The number of rotatable bonds is 2. The van der Waals surface area contributed by atoms with E-state index in [9.17, 15) is 0 Å². The van der Waals surface area contributed by atoms with Crippen LogP contribution in [0.5, 0.6) is 0 Å². The maximum atomic E-state index is 5.59. The van der Waals surface area contributed by atoms with Crippen LogP contribution in [0.3, 0.4) is 0 Å². The largest absolute Gasteiger partial charge is 0.258 e. The van der Waals surface area contributed by atoms with E-state index in [1.165, 1.54) is 0 Å². The van der Waals surface area contributed by atoms with Crippen molar-refractivity contribution in [2.24, 2.45) is 0 Å². The van der Waals surface area contributed by atoms with Crippen molar-refractivity contribution in [3.8, 4) is 0 Å². The number of nitrogens with zero attached hydrogens (tertiary/aromatic N) is 1. The highest BCUT2D eigenvalue weighted by Crippen LogP contribution is 2.22. The van der Waals surface area contributed by atoms with E-state index in [0.29, 0.717) is 5.69 Å². The first-order valence-electron chi connectivity index (χ1n) is 3.27. The van der Waals surface area contributed by atoms with Crippen molar-refractivity contribution in [1.82, 2.24) is 4.98 Å². The highest BCUT2D eigenvalue weighted by Gasteiger charge is 2.02. The van der Waals surface area contributed by atoms with E-state index in [1.54, 1.807) is 6.20 Å². The molecule has 0 fully saturated rings. The number of hydrogen-bond acceptors (Lipinski definition) is 1. The minimum Gasteiger partial charge on any atom is -0.258 e. The number of halogens is 2. The van der Waals surface area contributed by atoms with Crippen molar-refractivity contribution in [3.63, 3.8) is 0 Å². The zero-order chi connectivity index (χ0) is 8.27. The van der Waals surface area contributed by atoms with Gasteiger partial charge in [-0.25, -0.2) is 0 Å². The highest BCUT2D eigenvalue weighted by molar-refractivity contribution is 6.43. The molecule has 0 saturated carbocycles. The van der Waals surface area contributed by atoms with Crippen LogP contribution in [-0.2, 0) is 0 Å². The molecule has 1 nitrogen and oxygen atoms in total. The lowest BCUT2D eigenvalue weighted by atomic mass is 10.2. The summed E-state index contributed by atoms with van der Waals surface area (Å²) in [5, 5.41) is 0. The summed E-state index contributed by atoms with van der Waals surface area (Å²) < 4.78 is 0. The number of alkyl halides is 2. The van der Waals surface area contributed by atoms with Crippen LogP contribution in [0.4, 0.5) is 0 Å². The number of pyridine rings is 1. The first kappa shape index (κ1) is 8.82. The van der Waals surface area contributed by atoms with E-state index in [0.717, 1.165) is 5.56 Å². The predicted molar refractivity (Wildman–Crippen MR) is 47.8 cm³/mol. The Hall–Kier alpha value is -0.270. The van der Waals surface area contributed by atoms with Gasteiger partial charge < -0.3 is 0 Å². The summed E-state index contributed by atoms with van der Waals surface area (Å²) >= 11 is 11.2. The van der Waals surface area contributed by atoms with Crippen molar-refractivity contribution < 1.29 is 0 Å². The third-order valence-electron chi connectivity index (χ3n) is 1.37. The summed E-state index contributed by atoms with van der Waals surface area (Å²) in [5.41, 5.74) is 1.77. The molecule has 0 aromatic carbocycles. The molecule has 0 N–H and O–H groups in total. The molecule has 0 saturated heterocycles. The molecule has 1 aromatic heterocycles. The molecule has 0 aliphatic carbocycles. The molecule has 0 atom stereocenters. The molecule has 0 aliphatic heterocycles. The van der Waals surface area contributed by atoms with Gasteiger partial charge >= 0.3 is 0 Å². The lowest BCUT2D eigenvalue weighted by Crippen LogP contribution is -1.88. The fourth-order valence-corrected chi connectivity index (χ4v) is 0.975. The summed E-state index contributed by atoms with van der Waals surface area (Å²) in [5.74, 6) is 0. The SMILES string of the molecule is C[CH]c1ccc(C(Cl)Cl)nc1. The summed E-state index contributed by atoms with van der Waals surface area (Å²) in [6.45, 7) is 1.95. The van der Waals surface area contributed by atoms with Crippen molar-refractivity contribution in [2.45, 2.75) is 11.8 Å². The quantitative estimate of drug-likeness (QED) is 0.651. The summed E-state index contributed by atoms with van der Waals surface area (Å²) in [6.07, 6.45) is 3.71. The Balaban J connectivity index is 2.83. The van der Waals surface area contributed by atoms with Gasteiger partial charge in [0.15, 0.2) is 0 Å². The van der Waals surface area contributed by atoms with Crippen LogP contribution in [0.2, 0.25) is 0 Å². The molecule has 1 rings (SSSR count). The Morgan fingerprint density at radius 2 is 2.18 bits per heavy atom. The predicted octanol–water partition coefficient (Wildman–Crippen LogP) is 3.13. The second-order valence-corrected chi connectivity index (χ2v) is 3.20. The van der Waals surface area contributed by atoms with E-state index in [-0.39, 0.29) is 0 Å². The molecule has 3 heteroatoms. The van der Waals surface area contributed by atoms with Crippen LogP contribution < -0.4 is 0 Å². The fourth-order valence-electron chi connectivity index (χ4n) is 0.717. The van der Waals surface area contributed by atoms with Gasteiger partial charge in [0.2, 0.25) is 0 Å². The molecule has 0 amide bonds. The standard InChI is InChI=1S/C8H8Cl2N/c1-2-6-3-4-7(8(9)10)11-5-6/h2-5,8H,1H3. The average Bonchev–Trinajstić information content (AvgIpc) is 2.05. The van der Waals surface area contributed by atoms with Crippen LogP contribution in [0.25, 0.3) is 0 Å². The van der Waals surface area contributed by atoms with E-state index in [2.05, 4.69) is 4.98 Å². The maximum absolute atomic E-state index is 5.59. The third-order valence-corrected chi connectivity index (χ3v) is 1.81. The molecule has 1 heterocycles. The Kier molecular flexibility index (Phi) is 3.16. The van der Waals surface area contributed by atoms with Crippen molar-refractivity contribution in [1.29, 1.82) is 0 Å². The van der Waals surface area contributed by atoms with E-state index in [4.69, 9.17) is 23.2 Å². The van der Waals surface area contributed by atoms with E-state index in [1.807, 2.05) is 25.5 Å². The van der Waals surface area contributed by atoms with Crippen LogP contribution in [0.1, 0.15) is 23.0 Å². The zero-order valence-electron chi connectivity index (χ0n) is 6.09. The van der Waals surface area contributed by atoms with Gasteiger partial charge in [0, 0.05) is 6.20 Å². The lowest BCUT2D eigenvalue weighted by molar-refractivity contribution is 1.13. The monoisotopic (exact) mass is 188 g/mol. The Morgan fingerprint density at radius 3 is 2.55 bits per heavy atom. The second-order valence-electron chi connectivity index (χ2n) is 2.11. The van der Waals surface area contributed by atoms with Gasteiger partial charge in [-0.3, -0.25) is 4.98 Å². The molecule has 1 aromatic rings. The molecule has 0 spiro atoms. The van der Waals surface area contributed by atoms with Crippen molar-refractivity contribution >= 4 is 23.2 Å². The molecule has 0 bridgehead atoms. The van der Waals surface area contributed by atoms with Gasteiger partial charge in [0.1, 0.15) is 4.84 Å². The molecular formula is C8H8Cl2N. The number of aromatic nitrogens is 1. The van der Waals surface area contributed by atoms with Gasteiger partial charge in [-0.1, -0.05) is 36.2 Å². The van der Waals surface area contributed by atoms with Crippen LogP contribution in [-0.4, -0.2) is 4.98 Å². The summed E-state index contributed by atoms with van der Waals surface area (Å²) in [7, 11) is 0. The van der Waals surface area contributed by atoms with Crippen molar-refractivity contribution in [2.75, 3.05) is 0 Å². The Labute approximate surface area is 76.4 Å². The molecule has 1 radical (unpaired) electrons. The Bertz CT molecular complexity index is 218. The van der Waals surface area contributed by atoms with Gasteiger partial charge in [0.05, 0.1) is 5.69 Å². The molecule has 0 aliphatic rings. The van der Waals surface area contributed by atoms with Gasteiger partial charge in [-0.15, -0.1) is 0 Å². The average molecular weight is 189 g/mol. The van der Waals surface area contributed by atoms with Crippen LogP contribution in [0.15, 0.2) is 18.3 Å². The van der Waals surface area contributed by atoms with Gasteiger partial charge in [0.25, 0.3) is 0 Å². The summed E-state index contributed by atoms with van der Waals surface area (Å²) in [4.78, 5) is 3.53. The minimum atomic E-state index is -0.527. The first-order chi connectivity index (χ1) is 5.24. The fraction of sp³-hybridized carbons (Fsp3) is 0.250. The van der Waals surface area contributed by atoms with Crippen LogP contribution >= 0.6 is 23.2 Å². The lowest BCUT2D eigenvalue weighted by Gasteiger charge is -2.00.